The lowest BCUT2D eigenvalue weighted by Crippen LogP contribution is -2.04. The molecule has 0 heterocycles. The van der Waals surface area contributed by atoms with E-state index in [-0.39, 0.29) is 6.42 Å². The molecule has 3 aromatic carbocycles. The van der Waals surface area contributed by atoms with Crippen molar-refractivity contribution in [2.24, 2.45) is 0 Å². The Morgan fingerprint density at radius 2 is 1.55 bits per heavy atom. The van der Waals surface area contributed by atoms with Gasteiger partial charge in [0.1, 0.15) is 12.4 Å². The summed E-state index contributed by atoms with van der Waals surface area (Å²) in [5.41, 5.74) is 1.78. The Balaban J connectivity index is 1.84. The van der Waals surface area contributed by atoms with Crippen molar-refractivity contribution in [3.63, 3.8) is 0 Å². The molecule has 22 heavy (non-hydrogen) atoms. The third-order valence-corrected chi connectivity index (χ3v) is 3.58. The lowest BCUT2D eigenvalue weighted by atomic mass is 10.1. The smallest absolute Gasteiger partial charge is 0.307 e. The maximum absolute atomic E-state index is 10.9. The van der Waals surface area contributed by atoms with Gasteiger partial charge in [0.05, 0.1) is 6.42 Å². The number of carbonyl (C=O) groups is 1. The van der Waals surface area contributed by atoms with E-state index < -0.39 is 5.97 Å². The normalized spacial score (nSPS) is 10.5. The molecule has 0 bridgehead atoms. The number of benzene rings is 3. The SMILES string of the molecule is O=C(O)Cc1ccccc1OCc1cccc2ccccc12. The second kappa shape index (κ2) is 6.31. The highest BCUT2D eigenvalue weighted by Gasteiger charge is 2.08. The summed E-state index contributed by atoms with van der Waals surface area (Å²) in [5.74, 6) is -0.237. The summed E-state index contributed by atoms with van der Waals surface area (Å²) in [7, 11) is 0. The first-order valence-electron chi connectivity index (χ1n) is 7.13. The maximum atomic E-state index is 10.9. The van der Waals surface area contributed by atoms with Crippen LogP contribution in [0.1, 0.15) is 11.1 Å². The van der Waals surface area contributed by atoms with E-state index in [1.165, 1.54) is 5.39 Å². The summed E-state index contributed by atoms with van der Waals surface area (Å²) in [6.07, 6.45) is -0.0360. The van der Waals surface area contributed by atoms with Gasteiger partial charge in [0, 0.05) is 5.56 Å². The molecular formula is C19H16O3. The molecule has 0 aliphatic heterocycles. The zero-order valence-corrected chi connectivity index (χ0v) is 12.0. The topological polar surface area (TPSA) is 46.5 Å². The van der Waals surface area contributed by atoms with Crippen LogP contribution in [-0.2, 0) is 17.8 Å². The van der Waals surface area contributed by atoms with E-state index in [1.807, 2.05) is 42.5 Å². The van der Waals surface area contributed by atoms with Crippen molar-refractivity contribution in [2.75, 3.05) is 0 Å². The average Bonchev–Trinajstić information content (AvgIpc) is 2.53. The molecule has 3 aromatic rings. The van der Waals surface area contributed by atoms with Crippen LogP contribution >= 0.6 is 0 Å². The van der Waals surface area contributed by atoms with Crippen molar-refractivity contribution in [2.45, 2.75) is 13.0 Å². The van der Waals surface area contributed by atoms with Crippen molar-refractivity contribution in [1.82, 2.24) is 0 Å². The highest BCUT2D eigenvalue weighted by Crippen LogP contribution is 2.23. The van der Waals surface area contributed by atoms with E-state index in [0.29, 0.717) is 17.9 Å². The zero-order chi connectivity index (χ0) is 15.4. The van der Waals surface area contributed by atoms with Gasteiger partial charge in [-0.2, -0.15) is 0 Å². The molecule has 0 unspecified atom stereocenters. The molecule has 3 rings (SSSR count). The molecule has 0 radical (unpaired) electrons. The Labute approximate surface area is 128 Å². The summed E-state index contributed by atoms with van der Waals surface area (Å²) in [4.78, 5) is 10.9. The van der Waals surface area contributed by atoms with Crippen LogP contribution in [0.5, 0.6) is 5.75 Å². The minimum absolute atomic E-state index is 0.0360. The largest absolute Gasteiger partial charge is 0.489 e. The van der Waals surface area contributed by atoms with Crippen molar-refractivity contribution >= 4 is 16.7 Å². The minimum atomic E-state index is -0.860. The Morgan fingerprint density at radius 1 is 0.864 bits per heavy atom. The Bertz CT molecular complexity index is 803. The summed E-state index contributed by atoms with van der Waals surface area (Å²) in [5, 5.41) is 11.3. The van der Waals surface area contributed by atoms with Crippen LogP contribution in [-0.4, -0.2) is 11.1 Å². The van der Waals surface area contributed by atoms with Crippen LogP contribution in [0, 0.1) is 0 Å². The summed E-state index contributed by atoms with van der Waals surface area (Å²) < 4.78 is 5.87. The fourth-order valence-corrected chi connectivity index (χ4v) is 2.53. The summed E-state index contributed by atoms with van der Waals surface area (Å²) >= 11 is 0. The fourth-order valence-electron chi connectivity index (χ4n) is 2.53. The number of carboxylic acids is 1. The van der Waals surface area contributed by atoms with Gasteiger partial charge in [0.2, 0.25) is 0 Å². The zero-order valence-electron chi connectivity index (χ0n) is 12.0. The van der Waals surface area contributed by atoms with Gasteiger partial charge in [-0.1, -0.05) is 60.7 Å². The lowest BCUT2D eigenvalue weighted by molar-refractivity contribution is -0.136. The molecular weight excluding hydrogens is 276 g/mol. The molecule has 110 valence electrons. The van der Waals surface area contributed by atoms with Crippen LogP contribution in [0.4, 0.5) is 0 Å². The van der Waals surface area contributed by atoms with Gasteiger partial charge < -0.3 is 9.84 Å². The van der Waals surface area contributed by atoms with Crippen LogP contribution in [0.15, 0.2) is 66.7 Å². The van der Waals surface area contributed by atoms with E-state index in [9.17, 15) is 4.79 Å². The molecule has 0 aromatic heterocycles. The Hall–Kier alpha value is -2.81. The van der Waals surface area contributed by atoms with Gasteiger partial charge in [-0.25, -0.2) is 0 Å². The third kappa shape index (κ3) is 3.09. The predicted octanol–water partition coefficient (Wildman–Crippen LogP) is 4.05. The van der Waals surface area contributed by atoms with Crippen LogP contribution in [0.2, 0.25) is 0 Å². The standard InChI is InChI=1S/C19H16O3/c20-19(21)12-15-7-2-4-11-18(15)22-13-16-9-5-8-14-6-1-3-10-17(14)16/h1-11H,12-13H2,(H,20,21). The van der Waals surface area contributed by atoms with Gasteiger partial charge in [-0.3, -0.25) is 4.79 Å². The molecule has 3 heteroatoms. The number of aliphatic carboxylic acids is 1. The molecule has 0 spiro atoms. The molecule has 0 aliphatic rings. The summed E-state index contributed by atoms with van der Waals surface area (Å²) in [6.45, 7) is 0.415. The first kappa shape index (κ1) is 14.1. The fraction of sp³-hybridized carbons (Fsp3) is 0.105. The lowest BCUT2D eigenvalue weighted by Gasteiger charge is -2.12. The second-order valence-electron chi connectivity index (χ2n) is 5.11. The number of fused-ring (bicyclic) bond motifs is 1. The third-order valence-electron chi connectivity index (χ3n) is 3.58. The second-order valence-corrected chi connectivity index (χ2v) is 5.11. The molecule has 1 N–H and O–H groups in total. The molecule has 0 amide bonds. The van der Waals surface area contributed by atoms with Crippen molar-refractivity contribution in [3.8, 4) is 5.75 Å². The molecule has 3 nitrogen and oxygen atoms in total. The Morgan fingerprint density at radius 3 is 2.41 bits per heavy atom. The highest BCUT2D eigenvalue weighted by molar-refractivity contribution is 5.85. The number of para-hydroxylation sites is 1. The minimum Gasteiger partial charge on any atom is -0.489 e. The number of carboxylic acid groups (broad SMARTS) is 1. The molecule has 0 aliphatic carbocycles. The number of hydrogen-bond donors (Lipinski definition) is 1. The molecule has 0 fully saturated rings. The van der Waals surface area contributed by atoms with Gasteiger partial charge in [-0.15, -0.1) is 0 Å². The average molecular weight is 292 g/mol. The highest BCUT2D eigenvalue weighted by atomic mass is 16.5. The summed E-state index contributed by atoms with van der Waals surface area (Å²) in [6, 6.07) is 21.5. The van der Waals surface area contributed by atoms with Gasteiger partial charge >= 0.3 is 5.97 Å². The quantitative estimate of drug-likeness (QED) is 0.771. The van der Waals surface area contributed by atoms with Crippen LogP contribution in [0.3, 0.4) is 0 Å². The van der Waals surface area contributed by atoms with E-state index in [0.717, 1.165) is 10.9 Å². The first-order valence-corrected chi connectivity index (χ1v) is 7.13. The first-order chi connectivity index (χ1) is 10.7. The van der Waals surface area contributed by atoms with Crippen molar-refractivity contribution < 1.29 is 14.6 Å². The number of hydrogen-bond acceptors (Lipinski definition) is 2. The number of ether oxygens (including phenoxy) is 1. The molecule has 0 saturated heterocycles. The van der Waals surface area contributed by atoms with Crippen LogP contribution in [0.25, 0.3) is 10.8 Å². The molecule has 0 saturated carbocycles. The number of rotatable bonds is 5. The van der Waals surface area contributed by atoms with Crippen LogP contribution < -0.4 is 4.74 Å². The van der Waals surface area contributed by atoms with Gasteiger partial charge in [0.25, 0.3) is 0 Å². The van der Waals surface area contributed by atoms with E-state index in [1.54, 1.807) is 6.07 Å². The van der Waals surface area contributed by atoms with E-state index in [4.69, 9.17) is 9.84 Å². The maximum Gasteiger partial charge on any atom is 0.307 e. The monoisotopic (exact) mass is 292 g/mol. The van der Waals surface area contributed by atoms with Gasteiger partial charge in [-0.05, 0) is 22.4 Å². The van der Waals surface area contributed by atoms with Crippen molar-refractivity contribution in [3.05, 3.63) is 77.9 Å². The molecule has 0 atom stereocenters. The van der Waals surface area contributed by atoms with E-state index >= 15 is 0 Å². The van der Waals surface area contributed by atoms with Crippen molar-refractivity contribution in [1.29, 1.82) is 0 Å². The Kier molecular flexibility index (Phi) is 4.05. The van der Waals surface area contributed by atoms with E-state index in [2.05, 4.69) is 18.2 Å². The predicted molar refractivity (Wildman–Crippen MR) is 86.1 cm³/mol. The van der Waals surface area contributed by atoms with Gasteiger partial charge in [0.15, 0.2) is 0 Å².